The Morgan fingerprint density at radius 2 is 2.04 bits per heavy atom. The quantitative estimate of drug-likeness (QED) is 0.876. The Kier molecular flexibility index (Phi) is 4.77. The molecule has 0 bridgehead atoms. The van der Waals surface area contributed by atoms with Gasteiger partial charge in [0.2, 0.25) is 0 Å². The van der Waals surface area contributed by atoms with Gasteiger partial charge in [-0.2, -0.15) is 0 Å². The van der Waals surface area contributed by atoms with E-state index in [1.54, 1.807) is 23.2 Å². The van der Waals surface area contributed by atoms with Gasteiger partial charge in [0.1, 0.15) is 5.82 Å². The highest BCUT2D eigenvalue weighted by Gasteiger charge is 2.54. The molecule has 0 aliphatic carbocycles. The second kappa shape index (κ2) is 7.24. The zero-order chi connectivity index (χ0) is 19.7. The Bertz CT molecular complexity index is 871. The van der Waals surface area contributed by atoms with E-state index in [4.69, 9.17) is 4.74 Å². The van der Waals surface area contributed by atoms with Crippen molar-refractivity contribution in [2.45, 2.75) is 6.42 Å². The minimum absolute atomic E-state index is 0.167. The number of amides is 1. The number of carboxylic acids is 1. The lowest BCUT2D eigenvalue weighted by atomic mass is 9.74. The summed E-state index contributed by atoms with van der Waals surface area (Å²) in [5, 5.41) is 9.76. The number of carbonyl (C=O) groups is 2. The number of likely N-dealkylation sites (tertiary alicyclic amines) is 1. The molecule has 2 aromatic rings. The summed E-state index contributed by atoms with van der Waals surface area (Å²) in [6.45, 7) is 1.43. The predicted octanol–water partition coefficient (Wildman–Crippen LogP) is 2.41. The van der Waals surface area contributed by atoms with Gasteiger partial charge in [0.15, 0.2) is 0 Å². The molecule has 2 fully saturated rings. The highest BCUT2D eigenvalue weighted by Crippen LogP contribution is 2.42. The second-order valence-electron chi connectivity index (χ2n) is 7.47. The monoisotopic (exact) mass is 381 g/mol. The molecule has 3 heterocycles. The van der Waals surface area contributed by atoms with Crippen LogP contribution < -0.4 is 4.90 Å². The molecule has 2 saturated heterocycles. The fraction of sp³-hybridized carbons (Fsp3) is 0.381. The lowest BCUT2D eigenvalue weighted by molar-refractivity contribution is -0.157. The van der Waals surface area contributed by atoms with Crippen molar-refractivity contribution in [3.63, 3.8) is 0 Å². The van der Waals surface area contributed by atoms with Crippen LogP contribution >= 0.6 is 0 Å². The maximum Gasteiger partial charge on any atom is 0.311 e. The minimum atomic E-state index is -0.894. The number of hydrogen-bond donors (Lipinski definition) is 1. The molecule has 1 N–H and O–H groups in total. The van der Waals surface area contributed by atoms with Crippen molar-refractivity contribution in [1.82, 2.24) is 9.88 Å². The van der Waals surface area contributed by atoms with Crippen LogP contribution in [0.5, 0.6) is 0 Å². The summed E-state index contributed by atoms with van der Waals surface area (Å²) >= 11 is 0. The average Bonchev–Trinajstić information content (AvgIpc) is 3.15. The summed E-state index contributed by atoms with van der Waals surface area (Å²) < 4.78 is 5.46. The van der Waals surface area contributed by atoms with E-state index in [1.807, 2.05) is 42.3 Å². The lowest BCUT2D eigenvalue weighted by Gasteiger charge is -2.33. The molecule has 4 rings (SSSR count). The number of pyridine rings is 1. The van der Waals surface area contributed by atoms with Gasteiger partial charge in [-0.25, -0.2) is 4.98 Å². The molecule has 1 amide bonds. The second-order valence-corrected chi connectivity index (χ2v) is 7.47. The third-order valence-corrected chi connectivity index (χ3v) is 5.90. The topological polar surface area (TPSA) is 83.0 Å². The van der Waals surface area contributed by atoms with Crippen LogP contribution in [0.25, 0.3) is 0 Å². The van der Waals surface area contributed by atoms with Crippen molar-refractivity contribution in [1.29, 1.82) is 0 Å². The van der Waals surface area contributed by atoms with Crippen LogP contribution in [-0.2, 0) is 9.53 Å². The molecule has 146 valence electrons. The number of aliphatic carboxylic acids is 1. The van der Waals surface area contributed by atoms with Crippen LogP contribution in [0.1, 0.15) is 16.8 Å². The van der Waals surface area contributed by atoms with Crippen molar-refractivity contribution in [2.75, 3.05) is 38.3 Å². The van der Waals surface area contributed by atoms with Crippen LogP contribution in [0.15, 0.2) is 48.7 Å². The molecule has 1 aromatic carbocycles. The lowest BCUT2D eigenvalue weighted by Crippen LogP contribution is -2.45. The number of benzene rings is 1. The molecule has 2 aliphatic heterocycles. The number of carbonyl (C=O) groups excluding carboxylic acids is 1. The fourth-order valence-corrected chi connectivity index (χ4v) is 4.13. The molecule has 28 heavy (non-hydrogen) atoms. The van der Waals surface area contributed by atoms with E-state index in [-0.39, 0.29) is 18.4 Å². The first-order valence-corrected chi connectivity index (χ1v) is 9.36. The molecule has 1 aromatic heterocycles. The molecular weight excluding hydrogens is 358 g/mol. The van der Waals surface area contributed by atoms with Crippen LogP contribution in [0, 0.1) is 11.3 Å². The number of para-hydroxylation sites is 1. The molecule has 0 spiro atoms. The van der Waals surface area contributed by atoms with Gasteiger partial charge in [-0.15, -0.1) is 0 Å². The number of ether oxygens (including phenoxy) is 1. The standard InChI is InChI=1S/C21H23N3O4/c1-23(17-5-3-2-4-6-17)18-8-7-15(11-22-18)19(25)24-12-16-13-28-10-9-21(16,14-24)20(26)27/h2-8,11,16H,9-10,12-14H2,1H3,(H,26,27)/t16-,21+/m0/s1. The van der Waals surface area contributed by atoms with Gasteiger partial charge < -0.3 is 19.6 Å². The highest BCUT2D eigenvalue weighted by molar-refractivity contribution is 5.95. The first-order chi connectivity index (χ1) is 13.5. The van der Waals surface area contributed by atoms with Crippen LogP contribution in [-0.4, -0.2) is 60.2 Å². The summed E-state index contributed by atoms with van der Waals surface area (Å²) in [6.07, 6.45) is 2.00. The van der Waals surface area contributed by atoms with Gasteiger partial charge in [0, 0.05) is 44.5 Å². The van der Waals surface area contributed by atoms with Crippen molar-refractivity contribution in [3.8, 4) is 0 Å². The molecule has 2 aliphatic rings. The number of fused-ring (bicyclic) bond motifs is 1. The number of hydrogen-bond acceptors (Lipinski definition) is 5. The Morgan fingerprint density at radius 1 is 1.25 bits per heavy atom. The maximum absolute atomic E-state index is 12.9. The molecular formula is C21H23N3O4. The molecule has 7 nitrogen and oxygen atoms in total. The zero-order valence-corrected chi connectivity index (χ0v) is 15.7. The van der Waals surface area contributed by atoms with Crippen molar-refractivity contribution in [3.05, 3.63) is 54.2 Å². The Morgan fingerprint density at radius 3 is 2.68 bits per heavy atom. The number of rotatable bonds is 4. The van der Waals surface area contributed by atoms with Gasteiger partial charge in [0.05, 0.1) is 17.6 Å². The van der Waals surface area contributed by atoms with Crippen molar-refractivity contribution in [2.24, 2.45) is 11.3 Å². The summed E-state index contributed by atoms with van der Waals surface area (Å²) in [5.74, 6) is -0.460. The average molecular weight is 381 g/mol. The van der Waals surface area contributed by atoms with Crippen LogP contribution in [0.2, 0.25) is 0 Å². The van der Waals surface area contributed by atoms with Crippen LogP contribution in [0.4, 0.5) is 11.5 Å². The van der Waals surface area contributed by atoms with E-state index in [9.17, 15) is 14.7 Å². The normalized spacial score (nSPS) is 23.9. The third-order valence-electron chi connectivity index (χ3n) is 5.90. The molecule has 0 radical (unpaired) electrons. The Hall–Kier alpha value is -2.93. The number of aromatic nitrogens is 1. The van der Waals surface area contributed by atoms with E-state index in [0.29, 0.717) is 31.7 Å². The minimum Gasteiger partial charge on any atom is -0.481 e. The number of anilines is 2. The summed E-state index contributed by atoms with van der Waals surface area (Å²) in [6, 6.07) is 13.4. The van der Waals surface area contributed by atoms with Gasteiger partial charge >= 0.3 is 5.97 Å². The number of nitrogens with zero attached hydrogens (tertiary/aromatic N) is 3. The largest absolute Gasteiger partial charge is 0.481 e. The van der Waals surface area contributed by atoms with E-state index in [0.717, 1.165) is 11.5 Å². The maximum atomic E-state index is 12.9. The van der Waals surface area contributed by atoms with Crippen LogP contribution in [0.3, 0.4) is 0 Å². The van der Waals surface area contributed by atoms with E-state index < -0.39 is 11.4 Å². The van der Waals surface area contributed by atoms with Gasteiger partial charge in [-0.3, -0.25) is 9.59 Å². The molecule has 0 unspecified atom stereocenters. The van der Waals surface area contributed by atoms with Gasteiger partial charge in [-0.05, 0) is 30.7 Å². The van der Waals surface area contributed by atoms with Gasteiger partial charge in [-0.1, -0.05) is 18.2 Å². The van der Waals surface area contributed by atoms with E-state index in [1.165, 1.54) is 0 Å². The predicted molar refractivity (Wildman–Crippen MR) is 104 cm³/mol. The van der Waals surface area contributed by atoms with E-state index >= 15 is 0 Å². The number of carboxylic acid groups (broad SMARTS) is 1. The SMILES string of the molecule is CN(c1ccccc1)c1ccc(C(=O)N2C[C@H]3COCC[C@@]3(C(=O)O)C2)cn1. The summed E-state index contributed by atoms with van der Waals surface area (Å²) in [5.41, 5.74) is 0.570. The molecule has 0 saturated carbocycles. The molecule has 7 heteroatoms. The molecule has 2 atom stereocenters. The smallest absolute Gasteiger partial charge is 0.311 e. The first-order valence-electron chi connectivity index (χ1n) is 9.36. The van der Waals surface area contributed by atoms with Gasteiger partial charge in [0.25, 0.3) is 5.91 Å². The van der Waals surface area contributed by atoms with E-state index in [2.05, 4.69) is 4.98 Å². The third kappa shape index (κ3) is 3.11. The summed E-state index contributed by atoms with van der Waals surface area (Å²) in [7, 11) is 1.92. The first kappa shape index (κ1) is 18.4. The van der Waals surface area contributed by atoms with Crippen molar-refractivity contribution < 1.29 is 19.4 Å². The fourth-order valence-electron chi connectivity index (χ4n) is 4.13. The zero-order valence-electron chi connectivity index (χ0n) is 15.7. The van der Waals surface area contributed by atoms with Crippen molar-refractivity contribution >= 4 is 23.4 Å². The Labute approximate surface area is 163 Å². The summed E-state index contributed by atoms with van der Waals surface area (Å²) in [4.78, 5) is 32.8. The highest BCUT2D eigenvalue weighted by atomic mass is 16.5. The Balaban J connectivity index is 1.51.